The Hall–Kier alpha value is -2.79. The first-order valence-electron chi connectivity index (χ1n) is 16.0. The second-order valence-electron chi connectivity index (χ2n) is 13.7. The van der Waals surface area contributed by atoms with Crippen LogP contribution in [0.5, 0.6) is 5.75 Å². The zero-order valence-electron chi connectivity index (χ0n) is 25.8. The Morgan fingerprint density at radius 2 is 1.76 bits per heavy atom. The van der Waals surface area contributed by atoms with Gasteiger partial charge in [-0.2, -0.15) is 5.10 Å². The van der Waals surface area contributed by atoms with Gasteiger partial charge in [-0.1, -0.05) is 43.0 Å². The Morgan fingerprint density at radius 3 is 2.38 bits per heavy atom. The summed E-state index contributed by atoms with van der Waals surface area (Å²) in [6.07, 6.45) is 16.5. The number of nitrogens with zero attached hydrogens (tertiary/aromatic N) is 3. The predicted molar refractivity (Wildman–Crippen MR) is 172 cm³/mol. The van der Waals surface area contributed by atoms with Gasteiger partial charge in [0, 0.05) is 46.5 Å². The van der Waals surface area contributed by atoms with Gasteiger partial charge in [0.05, 0.1) is 13.3 Å². The molecule has 1 amide bonds. The molecule has 7 rings (SSSR count). The van der Waals surface area contributed by atoms with Gasteiger partial charge in [0.15, 0.2) is 0 Å². The monoisotopic (exact) mass is 587 g/mol. The number of carbonyl (C=O) groups is 1. The number of amides is 1. The Bertz CT molecular complexity index is 1410. The average Bonchev–Trinajstić information content (AvgIpc) is 3.52. The van der Waals surface area contributed by atoms with Crippen LogP contribution in [0.15, 0.2) is 48.8 Å². The molecule has 0 saturated heterocycles. The van der Waals surface area contributed by atoms with Gasteiger partial charge in [-0.15, -0.1) is 0 Å². The van der Waals surface area contributed by atoms with E-state index in [2.05, 4.69) is 67.3 Å². The largest absolute Gasteiger partial charge is 0.496 e. The summed E-state index contributed by atoms with van der Waals surface area (Å²) in [6.45, 7) is 7.19. The second kappa shape index (κ2) is 11.7. The molecule has 4 saturated carbocycles. The molecule has 0 spiro atoms. The second-order valence-corrected chi connectivity index (χ2v) is 14.1. The lowest BCUT2D eigenvalue weighted by atomic mass is 9.51. The molecular formula is C36H46ClN3O2. The number of benzene rings is 2. The number of hydrogen-bond donors (Lipinski definition) is 0. The molecule has 4 aliphatic carbocycles. The van der Waals surface area contributed by atoms with E-state index < -0.39 is 0 Å². The molecular weight excluding hydrogens is 542 g/mol. The summed E-state index contributed by atoms with van der Waals surface area (Å²) in [4.78, 5) is 16.5. The lowest BCUT2D eigenvalue weighted by Crippen LogP contribution is -2.51. The first-order chi connectivity index (χ1) is 20.2. The van der Waals surface area contributed by atoms with Crippen LogP contribution in [0.4, 0.5) is 5.69 Å². The van der Waals surface area contributed by atoms with Crippen LogP contribution in [0.3, 0.4) is 0 Å². The van der Waals surface area contributed by atoms with Crippen LogP contribution in [-0.2, 0) is 10.2 Å². The first kappa shape index (κ1) is 29.3. The molecule has 5 nitrogen and oxygen atoms in total. The minimum atomic E-state index is 0.117. The number of carbonyl (C=O) groups excluding carboxylic acids is 1. The van der Waals surface area contributed by atoms with E-state index in [-0.39, 0.29) is 22.8 Å². The summed E-state index contributed by atoms with van der Waals surface area (Å²) < 4.78 is 7.50. The third-order valence-corrected chi connectivity index (χ3v) is 11.2. The quantitative estimate of drug-likeness (QED) is 0.264. The lowest BCUT2D eigenvalue weighted by Gasteiger charge is -2.55. The number of fused-ring (bicyclic) bond motifs is 3. The molecule has 4 fully saturated rings. The fraction of sp³-hybridized carbons (Fsp3) is 0.556. The van der Waals surface area contributed by atoms with E-state index in [1.54, 1.807) is 7.11 Å². The van der Waals surface area contributed by atoms with Crippen molar-refractivity contribution in [2.75, 3.05) is 18.6 Å². The zero-order valence-corrected chi connectivity index (χ0v) is 26.6. The summed E-state index contributed by atoms with van der Waals surface area (Å²) in [5.74, 6) is 1.39. The fourth-order valence-electron chi connectivity index (χ4n) is 8.01. The molecule has 3 aromatic rings. The van der Waals surface area contributed by atoms with Crippen molar-refractivity contribution in [3.63, 3.8) is 0 Å². The van der Waals surface area contributed by atoms with Crippen molar-refractivity contribution in [2.45, 2.75) is 103 Å². The number of aromatic nitrogens is 2. The van der Waals surface area contributed by atoms with E-state index in [9.17, 15) is 4.79 Å². The summed E-state index contributed by atoms with van der Waals surface area (Å²) in [7, 11) is 1.75. The highest BCUT2D eigenvalue weighted by Gasteiger charge is 2.50. The molecule has 1 aromatic heterocycles. The Morgan fingerprint density at radius 1 is 1.05 bits per heavy atom. The van der Waals surface area contributed by atoms with E-state index in [4.69, 9.17) is 16.3 Å². The van der Waals surface area contributed by atoms with Crippen LogP contribution in [0.25, 0.3) is 11.1 Å². The third kappa shape index (κ3) is 5.50. The van der Waals surface area contributed by atoms with Crippen molar-refractivity contribution in [1.82, 2.24) is 9.78 Å². The van der Waals surface area contributed by atoms with Gasteiger partial charge < -0.3 is 9.64 Å². The third-order valence-electron chi connectivity index (χ3n) is 10.8. The van der Waals surface area contributed by atoms with E-state index in [1.165, 1.54) is 36.8 Å². The smallest absolute Gasteiger partial charge is 0.230 e. The fourth-order valence-corrected chi connectivity index (χ4v) is 8.23. The van der Waals surface area contributed by atoms with E-state index in [1.807, 2.05) is 16.9 Å². The maximum absolute atomic E-state index is 14.3. The van der Waals surface area contributed by atoms with E-state index in [0.29, 0.717) is 10.9 Å². The van der Waals surface area contributed by atoms with Crippen LogP contribution in [0.2, 0.25) is 5.02 Å². The summed E-state index contributed by atoms with van der Waals surface area (Å²) in [5.41, 5.74) is 6.01. The van der Waals surface area contributed by atoms with Crippen molar-refractivity contribution in [3.05, 3.63) is 64.9 Å². The first-order valence-corrected chi connectivity index (χ1v) is 16.4. The molecule has 42 heavy (non-hydrogen) atoms. The molecule has 4 aliphatic rings. The van der Waals surface area contributed by atoms with Crippen molar-refractivity contribution < 1.29 is 9.53 Å². The molecule has 0 unspecified atom stereocenters. The van der Waals surface area contributed by atoms with E-state index in [0.717, 1.165) is 74.1 Å². The van der Waals surface area contributed by atoms with Crippen molar-refractivity contribution in [3.8, 4) is 16.9 Å². The summed E-state index contributed by atoms with van der Waals surface area (Å²) in [6, 6.07) is 13.2. The molecule has 0 N–H and O–H groups in total. The highest BCUT2D eigenvalue weighted by atomic mass is 35.5. The molecule has 224 valence electrons. The molecule has 0 radical (unpaired) electrons. The summed E-state index contributed by atoms with van der Waals surface area (Å²) >= 11 is 6.76. The van der Waals surface area contributed by atoms with Gasteiger partial charge in [0.25, 0.3) is 0 Å². The minimum absolute atomic E-state index is 0.117. The van der Waals surface area contributed by atoms with Crippen molar-refractivity contribution >= 4 is 23.2 Å². The molecule has 2 aromatic carbocycles. The van der Waals surface area contributed by atoms with Gasteiger partial charge in [-0.05, 0) is 118 Å². The zero-order chi connectivity index (χ0) is 29.5. The number of hydrogen-bond acceptors (Lipinski definition) is 3. The van der Waals surface area contributed by atoms with Crippen LogP contribution < -0.4 is 9.64 Å². The molecule has 0 atom stereocenters. The highest BCUT2D eigenvalue weighted by Crippen LogP contribution is 2.58. The SMILES string of the molecule is COc1ccc(C23CCC(CN(C(=O)C4CCCCC4)c4ccc(Cl)c(-c5cnn(C(C)C)c5)c4)(CC2)CC3)cc1C. The number of methoxy groups -OCH3 is 1. The van der Waals surface area contributed by atoms with Crippen molar-refractivity contribution in [2.24, 2.45) is 11.3 Å². The van der Waals surface area contributed by atoms with Crippen LogP contribution in [0, 0.1) is 18.3 Å². The van der Waals surface area contributed by atoms with E-state index >= 15 is 0 Å². The lowest BCUT2D eigenvalue weighted by molar-refractivity contribution is -0.124. The molecule has 6 heteroatoms. The normalized spacial score (nSPS) is 24.2. The highest BCUT2D eigenvalue weighted by molar-refractivity contribution is 6.33. The average molecular weight is 588 g/mol. The van der Waals surface area contributed by atoms with Gasteiger partial charge in [-0.3, -0.25) is 9.48 Å². The van der Waals surface area contributed by atoms with Crippen LogP contribution in [0.1, 0.15) is 102 Å². The van der Waals surface area contributed by atoms with Gasteiger partial charge in [-0.25, -0.2) is 0 Å². The van der Waals surface area contributed by atoms with Crippen LogP contribution in [-0.4, -0.2) is 29.3 Å². The van der Waals surface area contributed by atoms with Gasteiger partial charge in [0.1, 0.15) is 5.75 Å². The number of anilines is 1. The molecule has 2 bridgehead atoms. The van der Waals surface area contributed by atoms with Crippen molar-refractivity contribution in [1.29, 1.82) is 0 Å². The maximum Gasteiger partial charge on any atom is 0.230 e. The van der Waals surface area contributed by atoms with Crippen LogP contribution >= 0.6 is 11.6 Å². The van der Waals surface area contributed by atoms with Gasteiger partial charge in [0.2, 0.25) is 5.91 Å². The number of halogens is 1. The number of aryl methyl sites for hydroxylation is 1. The number of ether oxygens (including phenoxy) is 1. The standard InChI is InChI=1S/C36H46ClN3O2/c1-25(2)40-23-28(22-38-40)31-21-30(11-12-32(31)37)39(34(41)27-8-6-5-7-9-27)24-35-14-17-36(18-15-35,19-16-35)29-10-13-33(42-4)26(3)20-29/h10-13,20-23,25,27H,5-9,14-19,24H2,1-4H3. The Balaban J connectivity index is 1.29. The predicted octanol–water partition coefficient (Wildman–Crippen LogP) is 9.31. The number of rotatable bonds is 8. The molecule has 0 aliphatic heterocycles. The Kier molecular flexibility index (Phi) is 8.17. The van der Waals surface area contributed by atoms with Gasteiger partial charge >= 0.3 is 0 Å². The topological polar surface area (TPSA) is 47.4 Å². The maximum atomic E-state index is 14.3. The Labute approximate surface area is 256 Å². The minimum Gasteiger partial charge on any atom is -0.496 e. The summed E-state index contributed by atoms with van der Waals surface area (Å²) in [5, 5.41) is 5.25. The molecule has 1 heterocycles.